The van der Waals surface area contributed by atoms with Crippen molar-refractivity contribution in [3.8, 4) is 5.75 Å². The first-order valence-corrected chi connectivity index (χ1v) is 11.6. The Kier molecular flexibility index (Phi) is 5.66. The lowest BCUT2D eigenvalue weighted by Gasteiger charge is -2.27. The van der Waals surface area contributed by atoms with Gasteiger partial charge in [-0.1, -0.05) is 0 Å². The summed E-state index contributed by atoms with van der Waals surface area (Å²) in [5.41, 5.74) is 4.43. The molecule has 0 fully saturated rings. The Hall–Kier alpha value is -3.92. The highest BCUT2D eigenvalue weighted by Gasteiger charge is 2.30. The van der Waals surface area contributed by atoms with Crippen molar-refractivity contribution in [1.29, 1.82) is 0 Å². The second kappa shape index (κ2) is 8.79. The number of fused-ring (bicyclic) bond motifs is 2. The molecule has 9 nitrogen and oxygen atoms in total. The third-order valence-electron chi connectivity index (χ3n) is 6.11. The highest BCUT2D eigenvalue weighted by Crippen LogP contribution is 2.40. The molecule has 1 aliphatic heterocycles. The first kappa shape index (κ1) is 21.9. The highest BCUT2D eigenvalue weighted by atomic mass is 32.1. The van der Waals surface area contributed by atoms with Gasteiger partial charge in [-0.2, -0.15) is 5.10 Å². The van der Waals surface area contributed by atoms with Crippen molar-refractivity contribution in [1.82, 2.24) is 19.7 Å². The maximum Gasteiger partial charge on any atom is 0.270 e. The van der Waals surface area contributed by atoms with Crippen LogP contribution >= 0.6 is 11.3 Å². The summed E-state index contributed by atoms with van der Waals surface area (Å²) >= 11 is 1.56. The Bertz CT molecular complexity index is 1430. The number of nitrogens with zero attached hydrogens (tertiary/aromatic N) is 5. The number of aromatic nitrogens is 3. The van der Waals surface area contributed by atoms with Crippen LogP contribution in [0.15, 0.2) is 46.6 Å². The number of anilines is 1. The Morgan fingerprint density at radius 3 is 2.94 bits per heavy atom. The zero-order valence-electron chi connectivity index (χ0n) is 19.3. The molecule has 0 bridgehead atoms. The molecule has 2 N–H and O–H groups in total. The molecule has 1 aromatic carbocycles. The van der Waals surface area contributed by atoms with Gasteiger partial charge in [-0.05, 0) is 36.9 Å². The number of benzene rings is 1. The number of aliphatic imine (C=N–C) groups is 2. The summed E-state index contributed by atoms with van der Waals surface area (Å²) in [4.78, 5) is 24.9. The van der Waals surface area contributed by atoms with Gasteiger partial charge in [-0.3, -0.25) is 19.9 Å². The van der Waals surface area contributed by atoms with Crippen molar-refractivity contribution in [2.75, 3.05) is 26.0 Å². The van der Waals surface area contributed by atoms with Crippen molar-refractivity contribution in [3.05, 3.63) is 58.4 Å². The summed E-state index contributed by atoms with van der Waals surface area (Å²) in [6.07, 6.45) is 4.37. The van der Waals surface area contributed by atoms with Crippen molar-refractivity contribution >= 4 is 51.4 Å². The van der Waals surface area contributed by atoms with Gasteiger partial charge in [0, 0.05) is 43.2 Å². The van der Waals surface area contributed by atoms with Crippen LogP contribution in [0.5, 0.6) is 5.75 Å². The number of ether oxygens (including phenoxy) is 1. The molecule has 0 spiro atoms. The van der Waals surface area contributed by atoms with E-state index in [9.17, 15) is 4.79 Å². The van der Waals surface area contributed by atoms with E-state index in [0.717, 1.165) is 37.6 Å². The van der Waals surface area contributed by atoms with Gasteiger partial charge in [-0.15, -0.1) is 11.3 Å². The molecule has 0 unspecified atom stereocenters. The number of amides is 1. The maximum atomic E-state index is 13.1. The molecule has 3 aromatic heterocycles. The SMILES string of the molecule is C=Nc1sc2c(c1C(=NC)Nc1cc3cn[nH]c3cc1OC)CCN(C(=O)c1cccn1C)C2. The number of thiophene rings is 1. The molecule has 34 heavy (non-hydrogen) atoms. The van der Waals surface area contributed by atoms with Gasteiger partial charge in [0.1, 0.15) is 22.3 Å². The molecule has 1 amide bonds. The largest absolute Gasteiger partial charge is 0.494 e. The number of carbonyl (C=O) groups excluding carboxylic acids is 1. The summed E-state index contributed by atoms with van der Waals surface area (Å²) in [5.74, 6) is 1.39. The van der Waals surface area contributed by atoms with E-state index in [2.05, 4.69) is 32.2 Å². The number of carbonyl (C=O) groups is 1. The first-order chi connectivity index (χ1) is 16.5. The summed E-state index contributed by atoms with van der Waals surface area (Å²) in [5, 5.41) is 12.2. The fourth-order valence-electron chi connectivity index (χ4n) is 4.36. The quantitative estimate of drug-likeness (QED) is 0.337. The van der Waals surface area contributed by atoms with Crippen LogP contribution in [0.1, 0.15) is 26.5 Å². The third kappa shape index (κ3) is 3.65. The fourth-order valence-corrected chi connectivity index (χ4v) is 5.53. The van der Waals surface area contributed by atoms with Crippen LogP contribution in [0.4, 0.5) is 10.7 Å². The van der Waals surface area contributed by atoms with Crippen LogP contribution in [0.2, 0.25) is 0 Å². The normalized spacial score (nSPS) is 13.7. The number of aryl methyl sites for hydroxylation is 1. The minimum Gasteiger partial charge on any atom is -0.494 e. The lowest BCUT2D eigenvalue weighted by atomic mass is 10.0. The molecular weight excluding hydrogens is 450 g/mol. The van der Waals surface area contributed by atoms with Crippen LogP contribution in [-0.2, 0) is 20.0 Å². The van der Waals surface area contributed by atoms with Gasteiger partial charge in [-0.25, -0.2) is 0 Å². The Morgan fingerprint density at radius 2 is 2.24 bits per heavy atom. The van der Waals surface area contributed by atoms with Crippen molar-refractivity contribution < 1.29 is 9.53 Å². The molecule has 0 aliphatic carbocycles. The van der Waals surface area contributed by atoms with E-state index in [4.69, 9.17) is 4.74 Å². The number of rotatable bonds is 5. The highest BCUT2D eigenvalue weighted by molar-refractivity contribution is 7.16. The Morgan fingerprint density at radius 1 is 1.38 bits per heavy atom. The van der Waals surface area contributed by atoms with E-state index in [-0.39, 0.29) is 5.91 Å². The Balaban J connectivity index is 1.48. The van der Waals surface area contributed by atoms with E-state index < -0.39 is 0 Å². The van der Waals surface area contributed by atoms with E-state index in [0.29, 0.717) is 36.8 Å². The monoisotopic (exact) mass is 475 g/mol. The molecule has 0 atom stereocenters. The van der Waals surface area contributed by atoms with Crippen molar-refractivity contribution in [2.24, 2.45) is 17.0 Å². The lowest BCUT2D eigenvalue weighted by Crippen LogP contribution is -2.36. The topological polar surface area (TPSA) is 99.9 Å². The summed E-state index contributed by atoms with van der Waals surface area (Å²) in [6, 6.07) is 7.62. The van der Waals surface area contributed by atoms with Gasteiger partial charge in [0.05, 0.1) is 36.6 Å². The average Bonchev–Trinajstić information content (AvgIpc) is 3.58. The molecule has 0 radical (unpaired) electrons. The number of H-pyrrole nitrogens is 1. The van der Waals surface area contributed by atoms with Crippen LogP contribution in [0.3, 0.4) is 0 Å². The van der Waals surface area contributed by atoms with Crippen LogP contribution in [0.25, 0.3) is 10.9 Å². The summed E-state index contributed by atoms with van der Waals surface area (Å²) in [7, 11) is 5.26. The number of nitrogens with one attached hydrogen (secondary N) is 2. The minimum atomic E-state index is 0.0295. The second-order valence-electron chi connectivity index (χ2n) is 8.03. The van der Waals surface area contributed by atoms with Gasteiger partial charge >= 0.3 is 0 Å². The van der Waals surface area contributed by atoms with Gasteiger partial charge in [0.2, 0.25) is 0 Å². The zero-order chi connectivity index (χ0) is 23.8. The standard InChI is InChI=1S/C24H25N7O2S/c1-25-22(28-17-10-14-12-27-29-16(14)11-19(17)33-4)21-15-7-9-31(13-20(15)34-23(21)26-2)24(32)18-6-5-8-30(18)3/h5-6,8,10-12H,2,7,9,13H2,1,3-4H3,(H,25,28)(H,27,29). The maximum absolute atomic E-state index is 13.1. The average molecular weight is 476 g/mol. The van der Waals surface area contributed by atoms with Crippen molar-refractivity contribution in [2.45, 2.75) is 13.0 Å². The van der Waals surface area contributed by atoms with E-state index >= 15 is 0 Å². The van der Waals surface area contributed by atoms with Crippen LogP contribution in [0, 0.1) is 0 Å². The minimum absolute atomic E-state index is 0.0295. The number of methoxy groups -OCH3 is 1. The molecule has 0 saturated heterocycles. The van der Waals surface area contributed by atoms with Gasteiger partial charge in [0.25, 0.3) is 5.91 Å². The van der Waals surface area contributed by atoms with E-state index in [1.807, 2.05) is 47.0 Å². The summed E-state index contributed by atoms with van der Waals surface area (Å²) in [6.45, 7) is 4.95. The molecule has 4 aromatic rings. The second-order valence-corrected chi connectivity index (χ2v) is 9.11. The van der Waals surface area contributed by atoms with E-state index in [1.54, 1.807) is 31.7 Å². The predicted molar refractivity (Wildman–Crippen MR) is 136 cm³/mol. The summed E-state index contributed by atoms with van der Waals surface area (Å²) < 4.78 is 7.45. The predicted octanol–water partition coefficient (Wildman–Crippen LogP) is 3.99. The molecule has 5 rings (SSSR count). The molecule has 0 saturated carbocycles. The lowest BCUT2D eigenvalue weighted by molar-refractivity contribution is 0.0727. The molecular formula is C24H25N7O2S. The van der Waals surface area contributed by atoms with Crippen LogP contribution < -0.4 is 10.1 Å². The first-order valence-electron chi connectivity index (χ1n) is 10.8. The number of aromatic amines is 1. The smallest absolute Gasteiger partial charge is 0.270 e. The van der Waals surface area contributed by atoms with Gasteiger partial charge < -0.3 is 19.5 Å². The number of hydrogen-bond donors (Lipinski definition) is 2. The van der Waals surface area contributed by atoms with E-state index in [1.165, 1.54) is 0 Å². The zero-order valence-corrected chi connectivity index (χ0v) is 20.1. The number of hydrogen-bond acceptors (Lipinski definition) is 6. The van der Waals surface area contributed by atoms with Gasteiger partial charge in [0.15, 0.2) is 0 Å². The third-order valence-corrected chi connectivity index (χ3v) is 7.25. The fraction of sp³-hybridized carbons (Fsp3) is 0.250. The molecule has 174 valence electrons. The molecule has 4 heterocycles. The number of amidine groups is 1. The van der Waals surface area contributed by atoms with Crippen molar-refractivity contribution in [3.63, 3.8) is 0 Å². The Labute approximate surface area is 200 Å². The van der Waals surface area contributed by atoms with Crippen LogP contribution in [-0.4, -0.2) is 58.8 Å². The molecule has 1 aliphatic rings. The molecule has 10 heteroatoms.